The van der Waals surface area contributed by atoms with Crippen molar-refractivity contribution >= 4 is 22.4 Å². The Hall–Kier alpha value is -2.08. The van der Waals surface area contributed by atoms with Crippen molar-refractivity contribution in [2.45, 2.75) is 59.0 Å². The molecule has 1 aliphatic carbocycles. The minimum atomic E-state index is -0.795. The van der Waals surface area contributed by atoms with E-state index in [4.69, 9.17) is 9.84 Å². The maximum Gasteiger partial charge on any atom is 0.305 e. The maximum atomic E-state index is 10.7. The molecule has 1 aromatic heterocycles. The van der Waals surface area contributed by atoms with Gasteiger partial charge in [-0.15, -0.1) is 11.3 Å². The summed E-state index contributed by atoms with van der Waals surface area (Å²) in [6, 6.07) is 8.15. The molecule has 1 heterocycles. The Morgan fingerprint density at radius 1 is 1.21 bits per heavy atom. The molecule has 158 valence electrons. The van der Waals surface area contributed by atoms with Crippen molar-refractivity contribution in [1.29, 1.82) is 0 Å². The second-order valence-corrected chi connectivity index (χ2v) is 9.90. The van der Waals surface area contributed by atoms with Crippen LogP contribution in [0.1, 0.15) is 52.9 Å². The smallest absolute Gasteiger partial charge is 0.305 e. The molecule has 1 aromatic carbocycles. The van der Waals surface area contributed by atoms with Crippen LogP contribution in [0.15, 0.2) is 29.6 Å². The van der Waals surface area contributed by atoms with Crippen LogP contribution in [-0.4, -0.2) is 35.8 Å². The second-order valence-electron chi connectivity index (χ2n) is 9.06. The van der Waals surface area contributed by atoms with Crippen molar-refractivity contribution in [3.8, 4) is 17.0 Å². The Morgan fingerprint density at radius 2 is 1.86 bits per heavy atom. The highest BCUT2D eigenvalue weighted by Crippen LogP contribution is 2.39. The van der Waals surface area contributed by atoms with E-state index in [2.05, 4.69) is 25.8 Å². The van der Waals surface area contributed by atoms with Crippen LogP contribution in [0, 0.1) is 11.3 Å². The van der Waals surface area contributed by atoms with Gasteiger partial charge in [-0.1, -0.05) is 20.8 Å². The second kappa shape index (κ2) is 9.16. The van der Waals surface area contributed by atoms with Gasteiger partial charge in [-0.05, 0) is 61.3 Å². The molecule has 1 fully saturated rings. The molecule has 6 heteroatoms. The van der Waals surface area contributed by atoms with E-state index >= 15 is 0 Å². The number of carboxylic acids is 1. The van der Waals surface area contributed by atoms with Crippen LogP contribution >= 0.6 is 11.3 Å². The zero-order valence-electron chi connectivity index (χ0n) is 17.9. The standard InChI is InChI=1S/C23H32N2O3S/c1-23(2,3)17-7-11-19(12-8-17)28-18-9-5-16(6-10-18)20-15-29-22(24-20)25(4)14-13-21(26)27/h5-6,9-10,15,17,19H,7-8,11-14H2,1-4H3,(H,26,27). The summed E-state index contributed by atoms with van der Waals surface area (Å²) in [5.41, 5.74) is 2.34. The van der Waals surface area contributed by atoms with Crippen LogP contribution in [0.25, 0.3) is 11.3 Å². The zero-order valence-corrected chi connectivity index (χ0v) is 18.7. The minimum Gasteiger partial charge on any atom is -0.490 e. The lowest BCUT2D eigenvalue weighted by atomic mass is 9.72. The summed E-state index contributed by atoms with van der Waals surface area (Å²) in [5, 5.41) is 11.7. The quantitative estimate of drug-likeness (QED) is 0.627. The van der Waals surface area contributed by atoms with Crippen molar-refractivity contribution in [2.24, 2.45) is 11.3 Å². The van der Waals surface area contributed by atoms with Crippen molar-refractivity contribution in [3.05, 3.63) is 29.6 Å². The molecule has 29 heavy (non-hydrogen) atoms. The Labute approximate surface area is 177 Å². The number of rotatable bonds is 7. The summed E-state index contributed by atoms with van der Waals surface area (Å²) < 4.78 is 6.22. The molecule has 1 aliphatic rings. The van der Waals surface area contributed by atoms with E-state index in [1.54, 1.807) is 0 Å². The monoisotopic (exact) mass is 416 g/mol. The third-order valence-corrected chi connectivity index (χ3v) is 6.79. The largest absolute Gasteiger partial charge is 0.490 e. The number of aliphatic carboxylic acids is 1. The fraction of sp³-hybridized carbons (Fsp3) is 0.565. The lowest BCUT2D eigenvalue weighted by Gasteiger charge is -2.36. The van der Waals surface area contributed by atoms with E-state index in [9.17, 15) is 4.79 Å². The molecule has 1 N–H and O–H groups in total. The fourth-order valence-electron chi connectivity index (χ4n) is 3.87. The molecule has 3 rings (SSSR count). The van der Waals surface area contributed by atoms with Gasteiger partial charge in [0.05, 0.1) is 18.2 Å². The average Bonchev–Trinajstić information content (AvgIpc) is 3.17. The minimum absolute atomic E-state index is 0.106. The van der Waals surface area contributed by atoms with Gasteiger partial charge in [0.1, 0.15) is 5.75 Å². The third-order valence-electron chi connectivity index (χ3n) is 5.83. The van der Waals surface area contributed by atoms with Gasteiger partial charge in [0.2, 0.25) is 0 Å². The number of hydrogen-bond acceptors (Lipinski definition) is 5. The van der Waals surface area contributed by atoms with Crippen LogP contribution in [0.5, 0.6) is 5.75 Å². The maximum absolute atomic E-state index is 10.7. The fourth-order valence-corrected chi connectivity index (χ4v) is 4.70. The lowest BCUT2D eigenvalue weighted by Crippen LogP contribution is -2.30. The molecule has 2 aromatic rings. The first kappa shape index (κ1) is 21.6. The number of ether oxygens (including phenoxy) is 1. The first-order valence-electron chi connectivity index (χ1n) is 10.4. The number of thiazole rings is 1. The van der Waals surface area contributed by atoms with Crippen LogP contribution in [0.3, 0.4) is 0 Å². The number of benzene rings is 1. The van der Waals surface area contributed by atoms with Crippen LogP contribution in [0.4, 0.5) is 5.13 Å². The van der Waals surface area contributed by atoms with Gasteiger partial charge in [-0.25, -0.2) is 4.98 Å². The summed E-state index contributed by atoms with van der Waals surface area (Å²) in [6.45, 7) is 7.47. The molecule has 0 atom stereocenters. The van der Waals surface area contributed by atoms with Gasteiger partial charge in [0, 0.05) is 24.5 Å². The van der Waals surface area contributed by atoms with E-state index in [1.807, 2.05) is 41.6 Å². The van der Waals surface area contributed by atoms with E-state index in [-0.39, 0.29) is 6.42 Å². The zero-order chi connectivity index (χ0) is 21.0. The van der Waals surface area contributed by atoms with Crippen LogP contribution in [0.2, 0.25) is 0 Å². The highest BCUT2D eigenvalue weighted by atomic mass is 32.1. The van der Waals surface area contributed by atoms with Gasteiger partial charge in [-0.3, -0.25) is 4.79 Å². The van der Waals surface area contributed by atoms with Crippen LogP contribution in [-0.2, 0) is 4.79 Å². The molecule has 0 bridgehead atoms. The van der Waals surface area contributed by atoms with E-state index < -0.39 is 5.97 Å². The summed E-state index contributed by atoms with van der Waals surface area (Å²) in [6.07, 6.45) is 5.15. The molecule has 0 amide bonds. The summed E-state index contributed by atoms with van der Waals surface area (Å²) >= 11 is 1.53. The Kier molecular flexibility index (Phi) is 6.83. The van der Waals surface area contributed by atoms with Gasteiger partial charge >= 0.3 is 5.97 Å². The van der Waals surface area contributed by atoms with E-state index in [0.717, 1.165) is 40.9 Å². The van der Waals surface area contributed by atoms with Gasteiger partial charge in [0.15, 0.2) is 5.13 Å². The summed E-state index contributed by atoms with van der Waals surface area (Å²) in [5.74, 6) is 0.912. The van der Waals surface area contributed by atoms with Crippen molar-refractivity contribution in [1.82, 2.24) is 4.98 Å². The molecule has 0 aliphatic heterocycles. The number of aromatic nitrogens is 1. The van der Waals surface area contributed by atoms with Gasteiger partial charge in [-0.2, -0.15) is 0 Å². The third kappa shape index (κ3) is 5.95. The summed E-state index contributed by atoms with van der Waals surface area (Å²) in [4.78, 5) is 17.3. The molecule has 0 saturated heterocycles. The molecule has 0 radical (unpaired) electrons. The average molecular weight is 417 g/mol. The predicted octanol–water partition coefficient (Wildman–Crippen LogP) is 5.70. The first-order chi connectivity index (χ1) is 13.7. The Bertz CT molecular complexity index is 802. The van der Waals surface area contributed by atoms with E-state index in [0.29, 0.717) is 18.1 Å². The van der Waals surface area contributed by atoms with Crippen molar-refractivity contribution in [2.75, 3.05) is 18.5 Å². The number of carbonyl (C=O) groups is 1. The van der Waals surface area contributed by atoms with Crippen LogP contribution < -0.4 is 9.64 Å². The van der Waals surface area contributed by atoms with Gasteiger partial charge < -0.3 is 14.7 Å². The number of hydrogen-bond donors (Lipinski definition) is 1. The first-order valence-corrected chi connectivity index (χ1v) is 11.3. The SMILES string of the molecule is CN(CCC(=O)O)c1nc(-c2ccc(OC3CCC(C(C)(C)C)CC3)cc2)cs1. The number of carboxylic acid groups (broad SMARTS) is 1. The topological polar surface area (TPSA) is 62.7 Å². The highest BCUT2D eigenvalue weighted by Gasteiger charge is 2.30. The predicted molar refractivity (Wildman–Crippen MR) is 119 cm³/mol. The van der Waals surface area contributed by atoms with Gasteiger partial charge in [0.25, 0.3) is 0 Å². The lowest BCUT2D eigenvalue weighted by molar-refractivity contribution is -0.136. The molecule has 5 nitrogen and oxygen atoms in total. The van der Waals surface area contributed by atoms with Crippen molar-refractivity contribution < 1.29 is 14.6 Å². The van der Waals surface area contributed by atoms with Crippen molar-refractivity contribution in [3.63, 3.8) is 0 Å². The molecular weight excluding hydrogens is 384 g/mol. The number of anilines is 1. The molecule has 1 saturated carbocycles. The molecular formula is C23H32N2O3S. The normalized spacial score (nSPS) is 19.7. The molecule has 0 spiro atoms. The highest BCUT2D eigenvalue weighted by molar-refractivity contribution is 7.14. The Morgan fingerprint density at radius 3 is 2.45 bits per heavy atom. The van der Waals surface area contributed by atoms with E-state index in [1.165, 1.54) is 24.2 Å². The molecule has 0 unspecified atom stereocenters. The Balaban J connectivity index is 1.55. The number of nitrogens with zero attached hydrogens (tertiary/aromatic N) is 2. The summed E-state index contributed by atoms with van der Waals surface area (Å²) in [7, 11) is 1.87.